The van der Waals surface area contributed by atoms with Crippen LogP contribution in [0.2, 0.25) is 0 Å². The van der Waals surface area contributed by atoms with Crippen molar-refractivity contribution < 1.29 is 4.74 Å². The highest BCUT2D eigenvalue weighted by Gasteiger charge is 2.02. The van der Waals surface area contributed by atoms with Gasteiger partial charge in [-0.25, -0.2) is 0 Å². The van der Waals surface area contributed by atoms with Gasteiger partial charge in [-0.1, -0.05) is 46.3 Å². The van der Waals surface area contributed by atoms with Crippen LogP contribution >= 0.6 is 28.1 Å². The maximum absolute atomic E-state index is 5.74. The predicted octanol–water partition coefficient (Wildman–Crippen LogP) is 3.68. The minimum absolute atomic E-state index is 0.229. The summed E-state index contributed by atoms with van der Waals surface area (Å²) in [6.07, 6.45) is 0. The van der Waals surface area contributed by atoms with E-state index in [4.69, 9.17) is 22.7 Å². The van der Waals surface area contributed by atoms with Crippen LogP contribution in [0.4, 0.5) is 5.69 Å². The summed E-state index contributed by atoms with van der Waals surface area (Å²) < 4.78 is 6.64. The SMILES string of the molecule is NC(=S)Nc1cc(Br)cc(OCc2ccccc2)c1. The molecule has 0 heterocycles. The van der Waals surface area contributed by atoms with Crippen LogP contribution in [0.1, 0.15) is 5.56 Å². The Morgan fingerprint density at radius 2 is 1.95 bits per heavy atom. The molecule has 5 heteroatoms. The zero-order valence-electron chi connectivity index (χ0n) is 10.1. The van der Waals surface area contributed by atoms with Gasteiger partial charge in [0.05, 0.1) is 0 Å². The van der Waals surface area contributed by atoms with Crippen LogP contribution in [0.25, 0.3) is 0 Å². The monoisotopic (exact) mass is 336 g/mol. The fourth-order valence-corrected chi connectivity index (χ4v) is 2.19. The lowest BCUT2D eigenvalue weighted by Gasteiger charge is -2.10. The van der Waals surface area contributed by atoms with E-state index in [2.05, 4.69) is 21.2 Å². The van der Waals surface area contributed by atoms with Crippen LogP contribution in [0, 0.1) is 0 Å². The van der Waals surface area contributed by atoms with E-state index in [-0.39, 0.29) is 5.11 Å². The Kier molecular flexibility index (Phi) is 4.76. The average molecular weight is 337 g/mol. The van der Waals surface area contributed by atoms with Crippen molar-refractivity contribution in [1.82, 2.24) is 0 Å². The first-order valence-corrected chi connectivity index (χ1v) is 6.87. The standard InChI is InChI=1S/C14H13BrN2OS/c15-11-6-12(17-14(16)19)8-13(7-11)18-9-10-4-2-1-3-5-10/h1-8H,9H2,(H3,16,17,19). The predicted molar refractivity (Wildman–Crippen MR) is 85.3 cm³/mol. The van der Waals surface area contributed by atoms with Crippen molar-refractivity contribution in [3.63, 3.8) is 0 Å². The van der Waals surface area contributed by atoms with E-state index >= 15 is 0 Å². The first-order chi connectivity index (χ1) is 9.13. The Hall–Kier alpha value is -1.59. The normalized spacial score (nSPS) is 9.95. The van der Waals surface area contributed by atoms with Gasteiger partial charge in [-0.3, -0.25) is 0 Å². The third-order valence-corrected chi connectivity index (χ3v) is 2.95. The first-order valence-electron chi connectivity index (χ1n) is 5.67. The van der Waals surface area contributed by atoms with Crippen LogP contribution in [0.3, 0.4) is 0 Å². The highest BCUT2D eigenvalue weighted by molar-refractivity contribution is 9.10. The molecule has 0 atom stereocenters. The Bertz CT molecular complexity index is 575. The average Bonchev–Trinajstić information content (AvgIpc) is 2.36. The summed E-state index contributed by atoms with van der Waals surface area (Å²) in [6, 6.07) is 15.6. The number of halogens is 1. The highest BCUT2D eigenvalue weighted by Crippen LogP contribution is 2.25. The van der Waals surface area contributed by atoms with Gasteiger partial charge in [0.2, 0.25) is 0 Å². The van der Waals surface area contributed by atoms with Crippen molar-refractivity contribution in [3.8, 4) is 5.75 Å². The fraction of sp³-hybridized carbons (Fsp3) is 0.0714. The molecule has 0 unspecified atom stereocenters. The Morgan fingerprint density at radius 3 is 2.63 bits per heavy atom. The van der Waals surface area contributed by atoms with Crippen LogP contribution in [-0.4, -0.2) is 5.11 Å². The number of hydrogen-bond donors (Lipinski definition) is 2. The summed E-state index contributed by atoms with van der Waals surface area (Å²) in [5.41, 5.74) is 7.37. The van der Waals surface area contributed by atoms with Gasteiger partial charge >= 0.3 is 0 Å². The quantitative estimate of drug-likeness (QED) is 0.836. The van der Waals surface area contributed by atoms with Crippen molar-refractivity contribution >= 4 is 38.9 Å². The fourth-order valence-electron chi connectivity index (χ4n) is 1.60. The van der Waals surface area contributed by atoms with E-state index in [9.17, 15) is 0 Å². The van der Waals surface area contributed by atoms with E-state index in [1.54, 1.807) is 0 Å². The topological polar surface area (TPSA) is 47.3 Å². The van der Waals surface area contributed by atoms with E-state index in [0.29, 0.717) is 6.61 Å². The molecule has 0 aromatic heterocycles. The van der Waals surface area contributed by atoms with Gasteiger partial charge in [0.1, 0.15) is 12.4 Å². The molecule has 0 amide bonds. The summed E-state index contributed by atoms with van der Waals surface area (Å²) in [7, 11) is 0. The maximum atomic E-state index is 5.74. The van der Waals surface area contributed by atoms with Gasteiger partial charge < -0.3 is 15.8 Å². The molecular weight excluding hydrogens is 324 g/mol. The molecule has 2 rings (SSSR count). The molecule has 0 bridgehead atoms. The molecule has 0 saturated carbocycles. The molecule has 19 heavy (non-hydrogen) atoms. The molecule has 2 aromatic carbocycles. The summed E-state index contributed by atoms with van der Waals surface area (Å²) in [4.78, 5) is 0. The summed E-state index contributed by atoms with van der Waals surface area (Å²) in [5.74, 6) is 0.747. The Labute approximate surface area is 125 Å². The molecule has 0 fully saturated rings. The minimum atomic E-state index is 0.229. The number of ether oxygens (including phenoxy) is 1. The lowest BCUT2D eigenvalue weighted by molar-refractivity contribution is 0.306. The number of nitrogens with two attached hydrogens (primary N) is 1. The number of nitrogens with one attached hydrogen (secondary N) is 1. The van der Waals surface area contributed by atoms with Crippen molar-refractivity contribution in [2.24, 2.45) is 5.73 Å². The van der Waals surface area contributed by atoms with E-state index in [1.165, 1.54) is 0 Å². The molecule has 98 valence electrons. The molecule has 3 N–H and O–H groups in total. The molecule has 0 aliphatic carbocycles. The third kappa shape index (κ3) is 4.54. The summed E-state index contributed by atoms with van der Waals surface area (Å²) >= 11 is 8.24. The molecule has 0 saturated heterocycles. The number of anilines is 1. The molecular formula is C14H13BrN2OS. The maximum Gasteiger partial charge on any atom is 0.168 e. The zero-order valence-corrected chi connectivity index (χ0v) is 12.5. The van der Waals surface area contributed by atoms with E-state index in [0.717, 1.165) is 21.5 Å². The van der Waals surface area contributed by atoms with Gasteiger partial charge in [0.25, 0.3) is 0 Å². The van der Waals surface area contributed by atoms with Crippen LogP contribution < -0.4 is 15.8 Å². The molecule has 0 aliphatic rings. The first kappa shape index (κ1) is 13.8. The summed E-state index contributed by atoms with van der Waals surface area (Å²) in [5, 5.41) is 3.11. The molecule has 0 spiro atoms. The Balaban J connectivity index is 2.07. The van der Waals surface area contributed by atoms with Gasteiger partial charge in [-0.2, -0.15) is 0 Å². The van der Waals surface area contributed by atoms with Gasteiger partial charge in [-0.15, -0.1) is 0 Å². The van der Waals surface area contributed by atoms with Crippen molar-refractivity contribution in [3.05, 3.63) is 58.6 Å². The van der Waals surface area contributed by atoms with Crippen molar-refractivity contribution in [2.45, 2.75) is 6.61 Å². The van der Waals surface area contributed by atoms with Crippen LogP contribution in [0.15, 0.2) is 53.0 Å². The molecule has 0 radical (unpaired) electrons. The van der Waals surface area contributed by atoms with Gasteiger partial charge in [-0.05, 0) is 29.9 Å². The summed E-state index contributed by atoms with van der Waals surface area (Å²) in [6.45, 7) is 0.518. The van der Waals surface area contributed by atoms with Crippen molar-refractivity contribution in [1.29, 1.82) is 0 Å². The number of benzene rings is 2. The molecule has 0 aliphatic heterocycles. The van der Waals surface area contributed by atoms with Crippen molar-refractivity contribution in [2.75, 3.05) is 5.32 Å². The van der Waals surface area contributed by atoms with Gasteiger partial charge in [0, 0.05) is 16.2 Å². The minimum Gasteiger partial charge on any atom is -0.489 e. The third-order valence-electron chi connectivity index (χ3n) is 2.39. The zero-order chi connectivity index (χ0) is 13.7. The number of hydrogen-bond acceptors (Lipinski definition) is 2. The molecule has 2 aromatic rings. The largest absolute Gasteiger partial charge is 0.489 e. The Morgan fingerprint density at radius 1 is 1.21 bits per heavy atom. The van der Waals surface area contributed by atoms with E-state index < -0.39 is 0 Å². The number of thiocarbonyl (C=S) groups is 1. The molecule has 3 nitrogen and oxygen atoms in total. The van der Waals surface area contributed by atoms with E-state index in [1.807, 2.05) is 48.5 Å². The highest BCUT2D eigenvalue weighted by atomic mass is 79.9. The van der Waals surface area contributed by atoms with Crippen LogP contribution in [-0.2, 0) is 6.61 Å². The second-order valence-electron chi connectivity index (χ2n) is 3.94. The van der Waals surface area contributed by atoms with Crippen LogP contribution in [0.5, 0.6) is 5.75 Å². The number of rotatable bonds is 4. The second kappa shape index (κ2) is 6.54. The lowest BCUT2D eigenvalue weighted by atomic mass is 10.2. The smallest absolute Gasteiger partial charge is 0.168 e. The second-order valence-corrected chi connectivity index (χ2v) is 5.29. The lowest BCUT2D eigenvalue weighted by Crippen LogP contribution is -2.18. The van der Waals surface area contributed by atoms with Gasteiger partial charge in [0.15, 0.2) is 5.11 Å².